The second-order valence-corrected chi connectivity index (χ2v) is 9.74. The number of aliphatic hydroxyl groups excluding tert-OH is 2. The van der Waals surface area contributed by atoms with Crippen molar-refractivity contribution in [3.63, 3.8) is 0 Å². The zero-order valence-corrected chi connectivity index (χ0v) is 20.3. The molecule has 186 valence electrons. The molecule has 0 saturated heterocycles. The molecule has 0 radical (unpaired) electrons. The minimum absolute atomic E-state index is 0.0517. The van der Waals surface area contributed by atoms with Crippen molar-refractivity contribution < 1.29 is 34.8 Å². The summed E-state index contributed by atoms with van der Waals surface area (Å²) in [6.45, 7) is 7.27. The first-order valence-electron chi connectivity index (χ1n) is 11.7. The summed E-state index contributed by atoms with van der Waals surface area (Å²) in [5.41, 5.74) is 2.65. The van der Waals surface area contributed by atoms with E-state index in [-0.39, 0.29) is 24.3 Å². The van der Waals surface area contributed by atoms with Crippen LogP contribution in [0.25, 0.3) is 0 Å². The quantitative estimate of drug-likeness (QED) is 0.405. The van der Waals surface area contributed by atoms with Crippen molar-refractivity contribution in [2.24, 2.45) is 0 Å². The van der Waals surface area contributed by atoms with Crippen LogP contribution in [0.2, 0.25) is 0 Å². The van der Waals surface area contributed by atoms with Gasteiger partial charge in [0.1, 0.15) is 17.1 Å². The minimum atomic E-state index is -1.39. The molecule has 0 aliphatic carbocycles. The van der Waals surface area contributed by atoms with Crippen LogP contribution < -0.4 is 4.74 Å². The molecular weight excluding hydrogens is 438 g/mol. The van der Waals surface area contributed by atoms with Gasteiger partial charge in [0, 0.05) is 17.5 Å². The van der Waals surface area contributed by atoms with Gasteiger partial charge in [-0.2, -0.15) is 0 Å². The van der Waals surface area contributed by atoms with Gasteiger partial charge in [-0.1, -0.05) is 23.3 Å². The fourth-order valence-electron chi connectivity index (χ4n) is 4.58. The average Bonchev–Trinajstić information content (AvgIpc) is 3.06. The lowest BCUT2D eigenvalue weighted by atomic mass is 9.84. The molecule has 8 heteroatoms. The van der Waals surface area contributed by atoms with Gasteiger partial charge in [0.05, 0.1) is 24.8 Å². The molecule has 3 rings (SSSR count). The van der Waals surface area contributed by atoms with Crippen LogP contribution >= 0.6 is 0 Å². The number of ether oxygens (including phenoxy) is 1. The number of aliphatic carboxylic acids is 1. The van der Waals surface area contributed by atoms with E-state index >= 15 is 0 Å². The van der Waals surface area contributed by atoms with Crippen LogP contribution in [0.4, 0.5) is 0 Å². The number of carboxylic acid groups (broad SMARTS) is 1. The molecule has 0 bridgehead atoms. The molecule has 2 aliphatic rings. The Labute approximate surface area is 200 Å². The number of hydrogen-bond donors (Lipinski definition) is 4. The average molecular weight is 474 g/mol. The first-order valence-corrected chi connectivity index (χ1v) is 11.7. The van der Waals surface area contributed by atoms with Crippen LogP contribution in [-0.2, 0) is 17.8 Å². The van der Waals surface area contributed by atoms with E-state index < -0.39 is 36.2 Å². The number of benzene rings is 1. The first-order chi connectivity index (χ1) is 16.0. The lowest BCUT2D eigenvalue weighted by Crippen LogP contribution is -2.49. The minimum Gasteiger partial charge on any atom is -0.508 e. The number of aliphatic hydroxyl groups is 2. The summed E-state index contributed by atoms with van der Waals surface area (Å²) in [6.07, 6.45) is 6.81. The van der Waals surface area contributed by atoms with Gasteiger partial charge < -0.3 is 30.1 Å². The predicted molar refractivity (Wildman–Crippen MR) is 127 cm³/mol. The molecule has 0 unspecified atom stereocenters. The summed E-state index contributed by atoms with van der Waals surface area (Å²) < 4.78 is 6.28. The second kappa shape index (κ2) is 10.2. The Morgan fingerprint density at radius 1 is 1.26 bits per heavy atom. The van der Waals surface area contributed by atoms with E-state index in [1.807, 2.05) is 6.92 Å². The number of allylic oxidation sites excluding steroid dienone is 4. The lowest BCUT2D eigenvalue weighted by molar-refractivity contribution is -0.143. The molecule has 1 aromatic rings. The van der Waals surface area contributed by atoms with Crippen LogP contribution in [0, 0.1) is 0 Å². The predicted octanol–water partition coefficient (Wildman–Crippen LogP) is 3.32. The van der Waals surface area contributed by atoms with Crippen LogP contribution in [0.1, 0.15) is 74.9 Å². The Kier molecular flexibility index (Phi) is 7.73. The normalized spacial score (nSPS) is 22.6. The highest BCUT2D eigenvalue weighted by atomic mass is 16.5. The number of hydrogen-bond acceptors (Lipinski definition) is 6. The molecule has 0 fully saturated rings. The molecule has 8 nitrogen and oxygen atoms in total. The third-order valence-corrected chi connectivity index (χ3v) is 6.78. The summed E-state index contributed by atoms with van der Waals surface area (Å²) in [5.74, 6) is -1.74. The number of aromatic hydroxyl groups is 1. The standard InChI is InChI=1S/C26H35NO7/c1-15(2)7-5-8-16(3)9-6-10-26(4)22(30)12-18-21(29)11-17-19(23(18)34-26)13-27(24(17)31)20(14-28)25(32)33/h7,9,11,20,22,28-30H,5-6,8,10,12-14H2,1-4H3,(H,32,33)/b16-9+/t20-,22+,26+/m1/s1. The highest BCUT2D eigenvalue weighted by Gasteiger charge is 2.45. The number of rotatable bonds is 9. The first kappa shape index (κ1) is 25.8. The number of amides is 1. The van der Waals surface area contributed by atoms with Crippen molar-refractivity contribution in [3.8, 4) is 11.5 Å². The third-order valence-electron chi connectivity index (χ3n) is 6.78. The molecule has 1 amide bonds. The summed E-state index contributed by atoms with van der Waals surface area (Å²) in [4.78, 5) is 25.4. The van der Waals surface area contributed by atoms with Gasteiger partial charge in [-0.05, 0) is 59.4 Å². The largest absolute Gasteiger partial charge is 0.508 e. The molecule has 0 spiro atoms. The van der Waals surface area contributed by atoms with Gasteiger partial charge >= 0.3 is 5.97 Å². The molecule has 1 aromatic carbocycles. The number of fused-ring (bicyclic) bond motifs is 3. The van der Waals surface area contributed by atoms with Crippen molar-refractivity contribution in [3.05, 3.63) is 46.1 Å². The molecule has 0 aromatic heterocycles. The van der Waals surface area contributed by atoms with E-state index in [0.29, 0.717) is 29.7 Å². The zero-order chi connectivity index (χ0) is 25.2. The van der Waals surface area contributed by atoms with Crippen molar-refractivity contribution >= 4 is 11.9 Å². The summed E-state index contributed by atoms with van der Waals surface area (Å²) >= 11 is 0. The second-order valence-electron chi connectivity index (χ2n) is 9.74. The Bertz CT molecular complexity index is 1020. The molecule has 0 saturated carbocycles. The molecule has 34 heavy (non-hydrogen) atoms. The van der Waals surface area contributed by atoms with Gasteiger partial charge in [-0.25, -0.2) is 4.79 Å². The van der Waals surface area contributed by atoms with Crippen LogP contribution in [0.15, 0.2) is 29.4 Å². The molecule has 2 heterocycles. The zero-order valence-electron chi connectivity index (χ0n) is 20.3. The maximum Gasteiger partial charge on any atom is 0.328 e. The Morgan fingerprint density at radius 2 is 1.97 bits per heavy atom. The van der Waals surface area contributed by atoms with Crippen LogP contribution in [0.3, 0.4) is 0 Å². The summed E-state index contributed by atoms with van der Waals surface area (Å²) in [7, 11) is 0. The smallest absolute Gasteiger partial charge is 0.328 e. The third kappa shape index (κ3) is 5.13. The Hall–Kier alpha value is -2.84. The van der Waals surface area contributed by atoms with Crippen molar-refractivity contribution in [2.45, 2.75) is 84.1 Å². The Morgan fingerprint density at radius 3 is 2.59 bits per heavy atom. The molecule has 3 atom stereocenters. The van der Waals surface area contributed by atoms with Gasteiger partial charge in [-0.3, -0.25) is 4.79 Å². The topological polar surface area (TPSA) is 128 Å². The number of carbonyl (C=O) groups is 2. The monoisotopic (exact) mass is 473 g/mol. The number of carbonyl (C=O) groups excluding carboxylic acids is 1. The number of phenolic OH excluding ortho intramolecular Hbond substituents is 1. The molecule has 2 aliphatic heterocycles. The van der Waals surface area contributed by atoms with E-state index in [4.69, 9.17) is 4.74 Å². The van der Waals surface area contributed by atoms with Gasteiger partial charge in [-0.15, -0.1) is 0 Å². The van der Waals surface area contributed by atoms with E-state index in [0.717, 1.165) is 17.7 Å². The van der Waals surface area contributed by atoms with Crippen LogP contribution in [-0.4, -0.2) is 61.6 Å². The van der Waals surface area contributed by atoms with E-state index in [2.05, 4.69) is 32.9 Å². The maximum atomic E-state index is 12.9. The summed E-state index contributed by atoms with van der Waals surface area (Å²) in [6, 6.07) is -0.0953. The van der Waals surface area contributed by atoms with Crippen molar-refractivity contribution in [1.82, 2.24) is 4.90 Å². The summed E-state index contributed by atoms with van der Waals surface area (Å²) in [5, 5.41) is 40.3. The van der Waals surface area contributed by atoms with E-state index in [1.54, 1.807) is 0 Å². The van der Waals surface area contributed by atoms with E-state index in [9.17, 15) is 30.0 Å². The van der Waals surface area contributed by atoms with Crippen molar-refractivity contribution in [2.75, 3.05) is 6.61 Å². The van der Waals surface area contributed by atoms with Gasteiger partial charge in [0.15, 0.2) is 6.04 Å². The highest BCUT2D eigenvalue weighted by Crippen LogP contribution is 2.46. The highest BCUT2D eigenvalue weighted by molar-refractivity contribution is 6.02. The molecule has 4 N–H and O–H groups in total. The fourth-order valence-corrected chi connectivity index (χ4v) is 4.58. The van der Waals surface area contributed by atoms with Gasteiger partial charge in [0.2, 0.25) is 0 Å². The van der Waals surface area contributed by atoms with Gasteiger partial charge in [0.25, 0.3) is 5.91 Å². The Balaban J connectivity index is 1.82. The van der Waals surface area contributed by atoms with Crippen LogP contribution in [0.5, 0.6) is 11.5 Å². The fraction of sp³-hybridized carbons (Fsp3) is 0.538. The number of nitrogens with zero attached hydrogens (tertiary/aromatic N) is 1. The number of phenols is 1. The lowest BCUT2D eigenvalue weighted by Gasteiger charge is -2.41. The molecular formula is C26H35NO7. The van der Waals surface area contributed by atoms with E-state index in [1.165, 1.54) is 17.2 Å². The number of carboxylic acids is 1. The SMILES string of the molecule is CC(C)=CCC/C(C)=C/CC[C@]1(C)Oc2c(c(O)cc3c2CN([C@H](CO)C(=O)O)C3=O)C[C@@H]1O. The maximum absolute atomic E-state index is 12.9. The van der Waals surface area contributed by atoms with Crippen molar-refractivity contribution in [1.29, 1.82) is 0 Å².